The summed E-state index contributed by atoms with van der Waals surface area (Å²) in [6.07, 6.45) is 0. The summed E-state index contributed by atoms with van der Waals surface area (Å²) in [5, 5.41) is 8.93. The number of rotatable bonds is 5. The fraction of sp³-hybridized carbons (Fsp3) is 0.429. The molecule has 29 heavy (non-hydrogen) atoms. The summed E-state index contributed by atoms with van der Waals surface area (Å²) in [5.74, 6) is 0. The molecule has 0 bridgehead atoms. The molecule has 8 heteroatoms. The highest BCUT2D eigenvalue weighted by Crippen LogP contribution is 2.38. The van der Waals surface area contributed by atoms with Crippen LogP contribution in [0.4, 0.5) is 5.69 Å². The van der Waals surface area contributed by atoms with Crippen LogP contribution < -0.4 is 15.9 Å². The van der Waals surface area contributed by atoms with Gasteiger partial charge in [0.25, 0.3) is 0 Å². The molecule has 0 radical (unpaired) electrons. The second-order valence-corrected chi connectivity index (χ2v) is 10.1. The molecule has 1 heterocycles. The first kappa shape index (κ1) is 21.8. The number of nitrogens with one attached hydrogen (secondary N) is 1. The molecule has 0 aromatic heterocycles. The summed E-state index contributed by atoms with van der Waals surface area (Å²) < 4.78 is 36.7. The molecule has 1 aliphatic rings. The largest absolute Gasteiger partial charge is 0.497 e. The summed E-state index contributed by atoms with van der Waals surface area (Å²) in [7, 11) is -4.59. The number of nitrogens with two attached hydrogens (primary N) is 1. The third-order valence-corrected chi connectivity index (χ3v) is 6.99. The normalized spacial score (nSPS) is 19.2. The molecule has 0 unspecified atom stereocenters. The number of benzene rings is 2. The van der Waals surface area contributed by atoms with Crippen LogP contribution in [0.15, 0.2) is 47.4 Å². The molecule has 0 spiro atoms. The van der Waals surface area contributed by atoms with Crippen LogP contribution in [-0.4, -0.2) is 26.7 Å². The van der Waals surface area contributed by atoms with E-state index in [1.807, 2.05) is 65.0 Å². The van der Waals surface area contributed by atoms with Crippen molar-refractivity contribution in [2.75, 3.05) is 5.32 Å². The smallest absolute Gasteiger partial charge is 0.399 e. The van der Waals surface area contributed by atoms with Crippen molar-refractivity contribution in [1.29, 1.82) is 0 Å². The number of hydrogen-bond donors (Lipinski definition) is 2. The minimum absolute atomic E-state index is 0.00268. The second-order valence-electron chi connectivity index (χ2n) is 8.56. The number of anilines is 1. The zero-order valence-corrected chi connectivity index (χ0v) is 18.6. The molecule has 6 nitrogen and oxygen atoms in total. The maximum Gasteiger partial charge on any atom is 0.497 e. The Morgan fingerprint density at radius 1 is 1.00 bits per heavy atom. The van der Waals surface area contributed by atoms with Crippen LogP contribution in [0.1, 0.15) is 51.8 Å². The number of primary sulfonamides is 1. The lowest BCUT2D eigenvalue weighted by Gasteiger charge is -2.32. The summed E-state index contributed by atoms with van der Waals surface area (Å²) in [6, 6.07) is 13.3. The van der Waals surface area contributed by atoms with Crippen LogP contribution in [0.3, 0.4) is 0 Å². The summed E-state index contributed by atoms with van der Waals surface area (Å²) in [6.45, 7) is 11.6. The monoisotopic (exact) mass is 416 g/mol. The number of hydrogen-bond acceptors (Lipinski definition) is 5. The van der Waals surface area contributed by atoms with Crippen molar-refractivity contribution in [3.05, 3.63) is 53.6 Å². The first-order chi connectivity index (χ1) is 13.3. The lowest BCUT2D eigenvalue weighted by Crippen LogP contribution is -2.41. The predicted molar refractivity (Wildman–Crippen MR) is 117 cm³/mol. The van der Waals surface area contributed by atoms with Gasteiger partial charge in [0.2, 0.25) is 10.0 Å². The van der Waals surface area contributed by atoms with Crippen LogP contribution in [-0.2, 0) is 19.3 Å². The van der Waals surface area contributed by atoms with E-state index in [4.69, 9.17) is 14.4 Å². The predicted octanol–water partition coefficient (Wildman–Crippen LogP) is 3.11. The first-order valence-corrected chi connectivity index (χ1v) is 11.2. The van der Waals surface area contributed by atoms with Crippen molar-refractivity contribution in [3.63, 3.8) is 0 Å². The van der Waals surface area contributed by atoms with E-state index in [2.05, 4.69) is 5.32 Å². The Bertz CT molecular complexity index is 991. The number of sulfonamides is 1. The zero-order chi connectivity index (χ0) is 21.6. The molecular formula is C21H29BN2O4S. The van der Waals surface area contributed by atoms with Crippen molar-refractivity contribution >= 4 is 28.3 Å². The molecule has 1 saturated heterocycles. The molecule has 1 atom stereocenters. The molecule has 3 N–H and O–H groups in total. The molecule has 1 aliphatic heterocycles. The van der Waals surface area contributed by atoms with E-state index in [1.54, 1.807) is 13.0 Å². The lowest BCUT2D eigenvalue weighted by atomic mass is 9.74. The highest BCUT2D eigenvalue weighted by Gasteiger charge is 2.53. The Hall–Kier alpha value is -1.87. The van der Waals surface area contributed by atoms with Crippen molar-refractivity contribution in [2.24, 2.45) is 5.14 Å². The minimum Gasteiger partial charge on any atom is -0.399 e. The third-order valence-electron chi connectivity index (χ3n) is 5.93. The fourth-order valence-electron chi connectivity index (χ4n) is 3.47. The van der Waals surface area contributed by atoms with Gasteiger partial charge in [-0.1, -0.05) is 30.3 Å². The quantitative estimate of drug-likeness (QED) is 0.731. The van der Waals surface area contributed by atoms with Gasteiger partial charge in [-0.25, -0.2) is 13.6 Å². The molecule has 2 aromatic rings. The molecule has 156 valence electrons. The molecular weight excluding hydrogens is 387 g/mol. The molecule has 0 amide bonds. The molecule has 1 fully saturated rings. The lowest BCUT2D eigenvalue weighted by molar-refractivity contribution is 0.00578. The summed E-state index contributed by atoms with van der Waals surface area (Å²) in [4.78, 5) is 0.0696. The van der Waals surface area contributed by atoms with Crippen LogP contribution in [0.25, 0.3) is 0 Å². The Morgan fingerprint density at radius 3 is 2.07 bits per heavy atom. The molecule has 3 rings (SSSR count). The van der Waals surface area contributed by atoms with Gasteiger partial charge in [-0.05, 0) is 64.8 Å². The topological polar surface area (TPSA) is 90.7 Å². The van der Waals surface area contributed by atoms with Gasteiger partial charge in [0, 0.05) is 17.2 Å². The maximum absolute atomic E-state index is 12.1. The minimum atomic E-state index is -3.88. The zero-order valence-electron chi connectivity index (χ0n) is 17.8. The van der Waals surface area contributed by atoms with Crippen LogP contribution in [0.5, 0.6) is 0 Å². The van der Waals surface area contributed by atoms with Crippen LogP contribution in [0, 0.1) is 6.92 Å². The van der Waals surface area contributed by atoms with E-state index >= 15 is 0 Å². The highest BCUT2D eigenvalue weighted by atomic mass is 32.2. The van der Waals surface area contributed by atoms with E-state index in [0.717, 1.165) is 11.3 Å². The molecule has 2 aromatic carbocycles. The molecule has 0 saturated carbocycles. The first-order valence-electron chi connectivity index (χ1n) is 9.67. The summed E-state index contributed by atoms with van der Waals surface area (Å²) >= 11 is 0. The standard InChI is InChI=1S/C21H29BN2O4S/c1-14-18(29(23,25)26)13-12-17(24-15(2)16-10-8-7-9-11-16)19(14)22-27-20(3,4)21(5,6)28-22/h7-13,15,24H,1-6H3,(H2,23,25,26)/t15-/m0/s1. The average Bonchev–Trinajstić information content (AvgIpc) is 2.81. The Balaban J connectivity index is 2.09. The van der Waals surface area contributed by atoms with Crippen LogP contribution >= 0.6 is 0 Å². The van der Waals surface area contributed by atoms with E-state index in [0.29, 0.717) is 11.0 Å². The van der Waals surface area contributed by atoms with Gasteiger partial charge < -0.3 is 14.6 Å². The summed E-state index contributed by atoms with van der Waals surface area (Å²) in [5.41, 5.74) is 1.94. The Kier molecular flexibility index (Phi) is 5.60. The molecule has 0 aliphatic carbocycles. The maximum atomic E-state index is 12.1. The van der Waals surface area contributed by atoms with E-state index < -0.39 is 28.3 Å². The van der Waals surface area contributed by atoms with Crippen LogP contribution in [0.2, 0.25) is 0 Å². The van der Waals surface area contributed by atoms with Gasteiger partial charge in [0.15, 0.2) is 0 Å². The van der Waals surface area contributed by atoms with Gasteiger partial charge in [0.05, 0.1) is 16.1 Å². The SMILES string of the molecule is Cc1c(S(N)(=O)=O)ccc(N[C@@H](C)c2ccccc2)c1B1OC(C)(C)C(C)(C)O1. The van der Waals surface area contributed by atoms with Gasteiger partial charge in [-0.3, -0.25) is 0 Å². The van der Waals surface area contributed by atoms with E-state index in [-0.39, 0.29) is 10.9 Å². The van der Waals surface area contributed by atoms with E-state index in [1.165, 1.54) is 6.07 Å². The third kappa shape index (κ3) is 4.21. The van der Waals surface area contributed by atoms with Crippen molar-refractivity contribution < 1.29 is 17.7 Å². The Labute approximate surface area is 174 Å². The van der Waals surface area contributed by atoms with Gasteiger partial charge in [-0.15, -0.1) is 0 Å². The van der Waals surface area contributed by atoms with E-state index in [9.17, 15) is 8.42 Å². The van der Waals surface area contributed by atoms with Gasteiger partial charge >= 0.3 is 7.12 Å². The highest BCUT2D eigenvalue weighted by molar-refractivity contribution is 7.89. The Morgan fingerprint density at radius 2 is 1.55 bits per heavy atom. The van der Waals surface area contributed by atoms with Crippen molar-refractivity contribution in [1.82, 2.24) is 0 Å². The van der Waals surface area contributed by atoms with Crippen molar-refractivity contribution in [2.45, 2.75) is 63.7 Å². The fourth-order valence-corrected chi connectivity index (χ4v) is 4.26. The average molecular weight is 416 g/mol. The van der Waals surface area contributed by atoms with Gasteiger partial charge in [0.1, 0.15) is 0 Å². The van der Waals surface area contributed by atoms with Crippen molar-refractivity contribution in [3.8, 4) is 0 Å². The second kappa shape index (κ2) is 7.43. The van der Waals surface area contributed by atoms with Gasteiger partial charge in [-0.2, -0.15) is 0 Å².